The standard InChI is InChI=1S/C13H26N2O3.ClH/c1-14-7-2-6-13(16)15-8-4-9-17-11-12-5-3-10-18-12;/h12,14H,2-11H2,1H3,(H,15,16);1H. The van der Waals surface area contributed by atoms with Gasteiger partial charge in [0.05, 0.1) is 12.7 Å². The predicted molar refractivity (Wildman–Crippen MR) is 77.8 cm³/mol. The molecule has 1 heterocycles. The van der Waals surface area contributed by atoms with Crippen molar-refractivity contribution in [1.82, 2.24) is 10.6 Å². The first-order chi connectivity index (χ1) is 8.83. The van der Waals surface area contributed by atoms with E-state index < -0.39 is 0 Å². The zero-order valence-electron chi connectivity index (χ0n) is 11.8. The van der Waals surface area contributed by atoms with E-state index >= 15 is 0 Å². The van der Waals surface area contributed by atoms with Crippen LogP contribution in [0.25, 0.3) is 0 Å². The molecular weight excluding hydrogens is 268 g/mol. The van der Waals surface area contributed by atoms with Crippen molar-refractivity contribution in [2.45, 2.75) is 38.2 Å². The number of rotatable bonds is 10. The molecule has 1 aliphatic heterocycles. The number of ether oxygens (including phenoxy) is 2. The highest BCUT2D eigenvalue weighted by molar-refractivity contribution is 5.85. The van der Waals surface area contributed by atoms with E-state index in [0.717, 1.165) is 38.8 Å². The maximum atomic E-state index is 11.4. The molecule has 0 saturated carbocycles. The fourth-order valence-electron chi connectivity index (χ4n) is 1.91. The molecule has 114 valence electrons. The molecule has 6 heteroatoms. The van der Waals surface area contributed by atoms with E-state index in [9.17, 15) is 4.79 Å². The normalized spacial score (nSPS) is 18.1. The Bertz CT molecular complexity index is 224. The first-order valence-electron chi connectivity index (χ1n) is 6.93. The van der Waals surface area contributed by atoms with Gasteiger partial charge in [-0.2, -0.15) is 0 Å². The van der Waals surface area contributed by atoms with Gasteiger partial charge in [-0.3, -0.25) is 4.79 Å². The van der Waals surface area contributed by atoms with Crippen LogP contribution in [0, 0.1) is 0 Å². The molecule has 1 aliphatic rings. The van der Waals surface area contributed by atoms with Crippen molar-refractivity contribution in [3.8, 4) is 0 Å². The molecule has 0 spiro atoms. The van der Waals surface area contributed by atoms with Gasteiger partial charge in [0.1, 0.15) is 0 Å². The van der Waals surface area contributed by atoms with Crippen molar-refractivity contribution < 1.29 is 14.3 Å². The van der Waals surface area contributed by atoms with E-state index in [4.69, 9.17) is 9.47 Å². The lowest BCUT2D eigenvalue weighted by atomic mass is 10.2. The van der Waals surface area contributed by atoms with Crippen molar-refractivity contribution in [2.75, 3.05) is 40.0 Å². The molecule has 0 aromatic heterocycles. The van der Waals surface area contributed by atoms with Crippen LogP contribution in [-0.2, 0) is 14.3 Å². The third kappa shape index (κ3) is 10.1. The summed E-state index contributed by atoms with van der Waals surface area (Å²) in [6, 6.07) is 0. The molecule has 0 radical (unpaired) electrons. The first kappa shape index (κ1) is 18.6. The fourth-order valence-corrected chi connectivity index (χ4v) is 1.91. The number of hydrogen-bond acceptors (Lipinski definition) is 4. The second-order valence-corrected chi connectivity index (χ2v) is 4.62. The Kier molecular flexibility index (Phi) is 12.4. The van der Waals surface area contributed by atoms with E-state index in [-0.39, 0.29) is 18.3 Å². The van der Waals surface area contributed by atoms with Gasteiger partial charge in [0.25, 0.3) is 0 Å². The summed E-state index contributed by atoms with van der Waals surface area (Å²) in [5.74, 6) is 0.129. The Morgan fingerprint density at radius 1 is 1.37 bits per heavy atom. The van der Waals surface area contributed by atoms with Crippen LogP contribution in [0.2, 0.25) is 0 Å². The maximum Gasteiger partial charge on any atom is 0.220 e. The molecule has 19 heavy (non-hydrogen) atoms. The summed E-state index contributed by atoms with van der Waals surface area (Å²) < 4.78 is 11.0. The minimum Gasteiger partial charge on any atom is -0.379 e. The van der Waals surface area contributed by atoms with Crippen LogP contribution in [0.5, 0.6) is 0 Å². The fraction of sp³-hybridized carbons (Fsp3) is 0.923. The topological polar surface area (TPSA) is 59.6 Å². The van der Waals surface area contributed by atoms with Crippen molar-refractivity contribution in [3.63, 3.8) is 0 Å². The predicted octanol–water partition coefficient (Wildman–Crippen LogP) is 1.11. The van der Waals surface area contributed by atoms with Gasteiger partial charge in [-0.15, -0.1) is 12.4 Å². The Labute approximate surface area is 122 Å². The third-order valence-electron chi connectivity index (χ3n) is 2.95. The summed E-state index contributed by atoms with van der Waals surface area (Å²) in [5, 5.41) is 5.91. The monoisotopic (exact) mass is 294 g/mol. The molecule has 1 fully saturated rings. The van der Waals surface area contributed by atoms with Gasteiger partial charge in [0.2, 0.25) is 5.91 Å². The zero-order valence-corrected chi connectivity index (χ0v) is 12.6. The number of carbonyl (C=O) groups is 1. The average Bonchev–Trinajstić information content (AvgIpc) is 2.87. The molecule has 0 bridgehead atoms. The molecule has 1 saturated heterocycles. The SMILES string of the molecule is CNCCCC(=O)NCCCOCC1CCCO1.Cl. The van der Waals surface area contributed by atoms with Crippen LogP contribution < -0.4 is 10.6 Å². The number of halogens is 1. The average molecular weight is 295 g/mol. The van der Waals surface area contributed by atoms with E-state index in [1.807, 2.05) is 7.05 Å². The summed E-state index contributed by atoms with van der Waals surface area (Å²) >= 11 is 0. The number of carbonyl (C=O) groups excluding carboxylic acids is 1. The summed E-state index contributed by atoms with van der Waals surface area (Å²) in [5.41, 5.74) is 0. The van der Waals surface area contributed by atoms with Gasteiger partial charge in [0.15, 0.2) is 0 Å². The molecular formula is C13H27ClN2O3. The number of amides is 1. The molecule has 1 atom stereocenters. The minimum absolute atomic E-state index is 0. The zero-order chi connectivity index (χ0) is 13.1. The Morgan fingerprint density at radius 2 is 2.21 bits per heavy atom. The smallest absolute Gasteiger partial charge is 0.220 e. The third-order valence-corrected chi connectivity index (χ3v) is 2.95. The molecule has 0 aromatic rings. The van der Waals surface area contributed by atoms with Gasteiger partial charge in [-0.05, 0) is 39.3 Å². The lowest BCUT2D eigenvalue weighted by molar-refractivity contribution is -0.121. The Morgan fingerprint density at radius 3 is 2.89 bits per heavy atom. The van der Waals surface area contributed by atoms with Crippen LogP contribution in [0.3, 0.4) is 0 Å². The highest BCUT2D eigenvalue weighted by atomic mass is 35.5. The molecule has 0 aromatic carbocycles. The van der Waals surface area contributed by atoms with Crippen molar-refractivity contribution in [1.29, 1.82) is 0 Å². The Balaban J connectivity index is 0.00000324. The molecule has 2 N–H and O–H groups in total. The summed E-state index contributed by atoms with van der Waals surface area (Å²) in [4.78, 5) is 11.4. The van der Waals surface area contributed by atoms with Gasteiger partial charge in [0, 0.05) is 26.2 Å². The van der Waals surface area contributed by atoms with Crippen LogP contribution in [0.4, 0.5) is 0 Å². The Hall–Kier alpha value is -0.360. The number of hydrogen-bond donors (Lipinski definition) is 2. The largest absolute Gasteiger partial charge is 0.379 e. The molecule has 1 unspecified atom stereocenters. The number of nitrogens with one attached hydrogen (secondary N) is 2. The summed E-state index contributed by atoms with van der Waals surface area (Å²) in [6.07, 6.45) is 4.90. The van der Waals surface area contributed by atoms with Crippen LogP contribution in [0.1, 0.15) is 32.1 Å². The molecule has 5 nitrogen and oxygen atoms in total. The molecule has 1 rings (SSSR count). The molecule has 0 aliphatic carbocycles. The highest BCUT2D eigenvalue weighted by Gasteiger charge is 2.14. The van der Waals surface area contributed by atoms with Crippen LogP contribution in [-0.4, -0.2) is 52.0 Å². The summed E-state index contributed by atoms with van der Waals surface area (Å²) in [7, 11) is 1.89. The first-order valence-corrected chi connectivity index (χ1v) is 6.93. The lowest BCUT2D eigenvalue weighted by Gasteiger charge is -2.10. The van der Waals surface area contributed by atoms with Gasteiger partial charge in [-0.1, -0.05) is 0 Å². The van der Waals surface area contributed by atoms with E-state index in [1.54, 1.807) is 0 Å². The van der Waals surface area contributed by atoms with Crippen LogP contribution in [0.15, 0.2) is 0 Å². The summed E-state index contributed by atoms with van der Waals surface area (Å²) in [6.45, 7) is 3.84. The van der Waals surface area contributed by atoms with Gasteiger partial charge < -0.3 is 20.1 Å². The second kappa shape index (κ2) is 12.7. The van der Waals surface area contributed by atoms with Gasteiger partial charge in [-0.25, -0.2) is 0 Å². The van der Waals surface area contributed by atoms with Gasteiger partial charge >= 0.3 is 0 Å². The van der Waals surface area contributed by atoms with Crippen molar-refractivity contribution >= 4 is 18.3 Å². The van der Waals surface area contributed by atoms with Crippen LogP contribution >= 0.6 is 12.4 Å². The minimum atomic E-state index is 0. The van der Waals surface area contributed by atoms with E-state index in [0.29, 0.717) is 32.3 Å². The van der Waals surface area contributed by atoms with Crippen molar-refractivity contribution in [2.24, 2.45) is 0 Å². The second-order valence-electron chi connectivity index (χ2n) is 4.62. The van der Waals surface area contributed by atoms with E-state index in [2.05, 4.69) is 10.6 Å². The quantitative estimate of drug-likeness (QED) is 0.593. The van der Waals surface area contributed by atoms with E-state index in [1.165, 1.54) is 0 Å². The van der Waals surface area contributed by atoms with Crippen molar-refractivity contribution in [3.05, 3.63) is 0 Å². The highest BCUT2D eigenvalue weighted by Crippen LogP contribution is 2.11. The maximum absolute atomic E-state index is 11.4. The lowest BCUT2D eigenvalue weighted by Crippen LogP contribution is -2.26. The molecule has 1 amide bonds.